The number of carbonyl (C=O) groups excluding carboxylic acids is 1. The number of morpholine rings is 1. The zero-order chi connectivity index (χ0) is 16.0. The first kappa shape index (κ1) is 19.9. The van der Waals surface area contributed by atoms with Crippen LogP contribution in [0, 0.1) is 6.92 Å². The second-order valence-corrected chi connectivity index (χ2v) is 6.83. The number of hydrogen-bond donors (Lipinski definition) is 3. The van der Waals surface area contributed by atoms with Gasteiger partial charge in [0.05, 0.1) is 11.5 Å². The Morgan fingerprint density at radius 3 is 2.61 bits per heavy atom. The van der Waals surface area contributed by atoms with Crippen LogP contribution < -0.4 is 15.4 Å². The molecule has 1 saturated heterocycles. The van der Waals surface area contributed by atoms with Gasteiger partial charge in [-0.15, -0.1) is 12.4 Å². The summed E-state index contributed by atoms with van der Waals surface area (Å²) in [6.07, 6.45) is -0.512. The molecule has 0 aliphatic carbocycles. The molecule has 1 fully saturated rings. The molecule has 1 aliphatic heterocycles. The standard InChI is InChI=1S/C14H21N3O4S.ClH/c1-11-2-4-12(5-3-11)22(19,20)17-7-6-16-14(18)13-10-15-8-9-21-13;/h2-5,13,15,17H,6-10H2,1H3,(H,16,18);1H. The number of sulfonamides is 1. The average molecular weight is 364 g/mol. The predicted molar refractivity (Wildman–Crippen MR) is 89.2 cm³/mol. The molecule has 3 N–H and O–H groups in total. The molecule has 7 nitrogen and oxygen atoms in total. The van der Waals surface area contributed by atoms with Gasteiger partial charge in [0.1, 0.15) is 6.10 Å². The molecule has 1 aromatic rings. The van der Waals surface area contributed by atoms with Gasteiger partial charge in [0.2, 0.25) is 10.0 Å². The van der Waals surface area contributed by atoms with Crippen molar-refractivity contribution in [2.75, 3.05) is 32.8 Å². The molecule has 1 aromatic carbocycles. The highest BCUT2D eigenvalue weighted by atomic mass is 35.5. The summed E-state index contributed by atoms with van der Waals surface area (Å²) in [6, 6.07) is 6.59. The van der Waals surface area contributed by atoms with Crippen LogP contribution in [0.4, 0.5) is 0 Å². The SMILES string of the molecule is Cc1ccc(S(=O)(=O)NCCNC(=O)C2CNCCO2)cc1.Cl. The summed E-state index contributed by atoms with van der Waals surface area (Å²) in [7, 11) is -3.54. The van der Waals surface area contributed by atoms with Crippen LogP contribution in [-0.4, -0.2) is 53.2 Å². The van der Waals surface area contributed by atoms with Gasteiger partial charge in [-0.25, -0.2) is 13.1 Å². The van der Waals surface area contributed by atoms with Crippen molar-refractivity contribution in [1.29, 1.82) is 0 Å². The first-order chi connectivity index (χ1) is 10.5. The van der Waals surface area contributed by atoms with Gasteiger partial charge in [-0.1, -0.05) is 17.7 Å². The highest BCUT2D eigenvalue weighted by molar-refractivity contribution is 7.89. The third-order valence-electron chi connectivity index (χ3n) is 3.27. The van der Waals surface area contributed by atoms with Gasteiger partial charge >= 0.3 is 0 Å². The average Bonchev–Trinajstić information content (AvgIpc) is 2.52. The minimum atomic E-state index is -3.54. The summed E-state index contributed by atoms with van der Waals surface area (Å²) in [6.45, 7) is 3.94. The monoisotopic (exact) mass is 363 g/mol. The molecule has 2 rings (SSSR count). The maximum atomic E-state index is 12.0. The quantitative estimate of drug-likeness (QED) is 0.608. The molecule has 1 amide bonds. The van der Waals surface area contributed by atoms with Crippen molar-refractivity contribution in [3.8, 4) is 0 Å². The lowest BCUT2D eigenvalue weighted by molar-refractivity contribution is -0.134. The molecule has 1 aliphatic rings. The van der Waals surface area contributed by atoms with Gasteiger partial charge in [0.25, 0.3) is 5.91 Å². The lowest BCUT2D eigenvalue weighted by Gasteiger charge is -2.22. The van der Waals surface area contributed by atoms with Gasteiger partial charge in [-0.05, 0) is 19.1 Å². The fourth-order valence-corrected chi connectivity index (χ4v) is 3.05. The van der Waals surface area contributed by atoms with E-state index in [4.69, 9.17) is 4.74 Å². The number of rotatable bonds is 6. The molecule has 9 heteroatoms. The normalized spacial score (nSPS) is 18.0. The van der Waals surface area contributed by atoms with Crippen molar-refractivity contribution in [2.45, 2.75) is 17.9 Å². The van der Waals surface area contributed by atoms with Crippen LogP contribution >= 0.6 is 12.4 Å². The molecular formula is C14H22ClN3O4S. The Bertz CT molecular complexity index is 601. The number of amides is 1. The zero-order valence-electron chi connectivity index (χ0n) is 12.9. The van der Waals surface area contributed by atoms with Crippen LogP contribution in [-0.2, 0) is 19.6 Å². The Kier molecular flexibility index (Phi) is 7.93. The van der Waals surface area contributed by atoms with Crippen molar-refractivity contribution in [2.24, 2.45) is 0 Å². The molecule has 1 unspecified atom stereocenters. The number of hydrogen-bond acceptors (Lipinski definition) is 5. The molecule has 1 atom stereocenters. The highest BCUT2D eigenvalue weighted by Crippen LogP contribution is 2.09. The number of benzene rings is 1. The summed E-state index contributed by atoms with van der Waals surface area (Å²) < 4.78 is 31.8. The van der Waals surface area contributed by atoms with E-state index in [0.717, 1.165) is 12.1 Å². The van der Waals surface area contributed by atoms with Crippen molar-refractivity contribution in [3.05, 3.63) is 29.8 Å². The molecule has 0 aromatic heterocycles. The molecule has 23 heavy (non-hydrogen) atoms. The van der Waals surface area contributed by atoms with Crippen molar-refractivity contribution in [1.82, 2.24) is 15.4 Å². The smallest absolute Gasteiger partial charge is 0.250 e. The van der Waals surface area contributed by atoms with E-state index in [9.17, 15) is 13.2 Å². The van der Waals surface area contributed by atoms with E-state index >= 15 is 0 Å². The molecule has 0 bridgehead atoms. The molecular weight excluding hydrogens is 342 g/mol. The van der Waals surface area contributed by atoms with E-state index in [1.165, 1.54) is 0 Å². The van der Waals surface area contributed by atoms with Crippen LogP contribution in [0.1, 0.15) is 5.56 Å². The van der Waals surface area contributed by atoms with Crippen molar-refractivity contribution < 1.29 is 17.9 Å². The largest absolute Gasteiger partial charge is 0.366 e. The summed E-state index contributed by atoms with van der Waals surface area (Å²) in [5.74, 6) is -0.235. The summed E-state index contributed by atoms with van der Waals surface area (Å²) in [5.41, 5.74) is 0.993. The minimum Gasteiger partial charge on any atom is -0.366 e. The van der Waals surface area contributed by atoms with E-state index in [1.807, 2.05) is 6.92 Å². The van der Waals surface area contributed by atoms with Crippen LogP contribution in [0.5, 0.6) is 0 Å². The zero-order valence-corrected chi connectivity index (χ0v) is 14.5. The number of ether oxygens (including phenoxy) is 1. The number of nitrogens with one attached hydrogen (secondary N) is 3. The third-order valence-corrected chi connectivity index (χ3v) is 4.74. The van der Waals surface area contributed by atoms with Crippen LogP contribution in [0.15, 0.2) is 29.2 Å². The van der Waals surface area contributed by atoms with Gasteiger partial charge < -0.3 is 15.4 Å². The number of halogens is 1. The van der Waals surface area contributed by atoms with E-state index in [1.54, 1.807) is 24.3 Å². The van der Waals surface area contributed by atoms with E-state index < -0.39 is 16.1 Å². The van der Waals surface area contributed by atoms with Gasteiger partial charge in [-0.2, -0.15) is 0 Å². The second-order valence-electron chi connectivity index (χ2n) is 5.07. The third kappa shape index (κ3) is 6.08. The van der Waals surface area contributed by atoms with Gasteiger partial charge in [0, 0.05) is 26.2 Å². The second kappa shape index (κ2) is 9.19. The maximum absolute atomic E-state index is 12.0. The van der Waals surface area contributed by atoms with Gasteiger partial charge in [-0.3, -0.25) is 4.79 Å². The fraction of sp³-hybridized carbons (Fsp3) is 0.500. The van der Waals surface area contributed by atoms with E-state index in [-0.39, 0.29) is 36.3 Å². The number of aryl methyl sites for hydroxylation is 1. The predicted octanol–water partition coefficient (Wildman–Crippen LogP) is -0.200. The first-order valence-electron chi connectivity index (χ1n) is 7.15. The van der Waals surface area contributed by atoms with E-state index in [0.29, 0.717) is 13.2 Å². The summed E-state index contributed by atoms with van der Waals surface area (Å²) in [5, 5.41) is 5.71. The van der Waals surface area contributed by atoms with Crippen LogP contribution in [0.3, 0.4) is 0 Å². The minimum absolute atomic E-state index is 0. The van der Waals surface area contributed by atoms with Crippen LogP contribution in [0.25, 0.3) is 0 Å². The Balaban J connectivity index is 0.00000264. The van der Waals surface area contributed by atoms with Crippen molar-refractivity contribution >= 4 is 28.3 Å². The summed E-state index contributed by atoms with van der Waals surface area (Å²) >= 11 is 0. The lowest BCUT2D eigenvalue weighted by atomic mass is 10.2. The molecule has 1 heterocycles. The molecule has 0 spiro atoms. The molecule has 0 radical (unpaired) electrons. The topological polar surface area (TPSA) is 96.5 Å². The summed E-state index contributed by atoms with van der Waals surface area (Å²) in [4.78, 5) is 12.0. The Hall–Kier alpha value is -1.19. The lowest BCUT2D eigenvalue weighted by Crippen LogP contribution is -2.49. The van der Waals surface area contributed by atoms with Crippen LogP contribution in [0.2, 0.25) is 0 Å². The first-order valence-corrected chi connectivity index (χ1v) is 8.64. The fourth-order valence-electron chi connectivity index (χ4n) is 2.02. The van der Waals surface area contributed by atoms with Crippen molar-refractivity contribution in [3.63, 3.8) is 0 Å². The highest BCUT2D eigenvalue weighted by Gasteiger charge is 2.21. The van der Waals surface area contributed by atoms with Gasteiger partial charge in [0.15, 0.2) is 0 Å². The molecule has 130 valence electrons. The Morgan fingerprint density at radius 2 is 2.00 bits per heavy atom. The Morgan fingerprint density at radius 1 is 1.30 bits per heavy atom. The maximum Gasteiger partial charge on any atom is 0.250 e. The Labute approximate surface area is 142 Å². The van der Waals surface area contributed by atoms with E-state index in [2.05, 4.69) is 15.4 Å². The number of carbonyl (C=O) groups is 1. The molecule has 0 saturated carbocycles.